The number of hydrogen-bond acceptors (Lipinski definition) is 9. The fourth-order valence-corrected chi connectivity index (χ4v) is 11.0. The van der Waals surface area contributed by atoms with Gasteiger partial charge in [-0.1, -0.05) is 41.5 Å². The molecule has 0 aromatic heterocycles. The summed E-state index contributed by atoms with van der Waals surface area (Å²) in [5.74, 6) is -1.11. The number of carbonyl (C=O) groups is 1. The van der Waals surface area contributed by atoms with Crippen LogP contribution in [0, 0.1) is 41.4 Å². The molecule has 49 heavy (non-hydrogen) atoms. The third kappa shape index (κ3) is 7.00. The van der Waals surface area contributed by atoms with Gasteiger partial charge in [0, 0.05) is 37.7 Å². The van der Waals surface area contributed by atoms with Gasteiger partial charge in [-0.2, -0.15) is 0 Å². The quantitative estimate of drug-likeness (QED) is 0.298. The minimum absolute atomic E-state index is 0.0138. The average Bonchev–Trinajstić information content (AvgIpc) is 3.71. The minimum atomic E-state index is -0.828. The van der Waals surface area contributed by atoms with Gasteiger partial charge in [-0.05, 0) is 83.5 Å². The lowest BCUT2D eigenvalue weighted by atomic mass is 9.78. The number of aliphatic carboxylic acids is 1. The SMILES string of the molecule is CO[C@@H]1C[C@@H](C[C@H]2CC[C@H](C)[C@H]([C@@H](C)C(=O)O)O2)O[C@]2(O[C@](C)([C@H]3CC[C@@](C)([C@@H]4O[C@@H]([C@H]5O[C@H](O)[C@H](C)C[C@@H]5C)C[C@@H]4C)O3)C[C@H]2C)[C@@H]1C. The lowest BCUT2D eigenvalue weighted by Crippen LogP contribution is -2.58. The second-order valence-electron chi connectivity index (χ2n) is 17.9. The van der Waals surface area contributed by atoms with Gasteiger partial charge in [-0.3, -0.25) is 4.79 Å². The molecule has 6 saturated heterocycles. The van der Waals surface area contributed by atoms with Gasteiger partial charge in [0.15, 0.2) is 12.1 Å². The second-order valence-corrected chi connectivity index (χ2v) is 17.9. The number of hydrogen-bond donors (Lipinski definition) is 2. The van der Waals surface area contributed by atoms with Crippen LogP contribution < -0.4 is 0 Å². The Morgan fingerprint density at radius 1 is 0.857 bits per heavy atom. The Bertz CT molecular complexity index is 1170. The van der Waals surface area contributed by atoms with Crippen LogP contribution in [0.25, 0.3) is 0 Å². The molecule has 0 saturated carbocycles. The number of methoxy groups -OCH3 is 1. The van der Waals surface area contributed by atoms with Gasteiger partial charge in [0.25, 0.3) is 0 Å². The Balaban J connectivity index is 1.13. The topological polar surface area (TPSA) is 122 Å². The van der Waals surface area contributed by atoms with Crippen molar-refractivity contribution < 1.29 is 48.2 Å². The molecular weight excluding hydrogens is 628 g/mol. The summed E-state index contributed by atoms with van der Waals surface area (Å²) in [5, 5.41) is 20.2. The van der Waals surface area contributed by atoms with Gasteiger partial charge in [0.1, 0.15) is 0 Å². The zero-order valence-corrected chi connectivity index (χ0v) is 31.8. The first-order valence-corrected chi connectivity index (χ1v) is 19.5. The Morgan fingerprint density at radius 2 is 1.59 bits per heavy atom. The molecule has 0 aromatic rings. The van der Waals surface area contributed by atoms with Crippen LogP contribution in [-0.2, 0) is 38.0 Å². The molecule has 6 heterocycles. The van der Waals surface area contributed by atoms with Crippen LogP contribution in [0.1, 0.15) is 120 Å². The van der Waals surface area contributed by atoms with Crippen LogP contribution in [0.3, 0.4) is 0 Å². The Morgan fingerprint density at radius 3 is 2.29 bits per heavy atom. The van der Waals surface area contributed by atoms with Gasteiger partial charge < -0.3 is 43.4 Å². The maximum absolute atomic E-state index is 11.8. The van der Waals surface area contributed by atoms with E-state index in [0.29, 0.717) is 18.3 Å². The molecule has 2 N–H and O–H groups in total. The van der Waals surface area contributed by atoms with E-state index in [4.69, 9.17) is 33.2 Å². The van der Waals surface area contributed by atoms with E-state index in [2.05, 4.69) is 48.5 Å². The van der Waals surface area contributed by atoms with Crippen LogP contribution in [0.2, 0.25) is 0 Å². The third-order valence-corrected chi connectivity index (χ3v) is 13.9. The van der Waals surface area contributed by atoms with Crippen LogP contribution >= 0.6 is 0 Å². The highest BCUT2D eigenvalue weighted by Gasteiger charge is 2.65. The van der Waals surface area contributed by atoms with Gasteiger partial charge >= 0.3 is 5.97 Å². The zero-order valence-electron chi connectivity index (χ0n) is 31.8. The Labute approximate surface area is 294 Å². The molecule has 0 aromatic carbocycles. The van der Waals surface area contributed by atoms with Crippen molar-refractivity contribution in [3.8, 4) is 0 Å². The highest BCUT2D eigenvalue weighted by Crippen LogP contribution is 2.57. The van der Waals surface area contributed by atoms with Crippen molar-refractivity contribution in [3.63, 3.8) is 0 Å². The fourth-order valence-electron chi connectivity index (χ4n) is 11.0. The second kappa shape index (κ2) is 14.2. The largest absolute Gasteiger partial charge is 0.481 e. The monoisotopic (exact) mass is 694 g/mol. The van der Waals surface area contributed by atoms with E-state index >= 15 is 0 Å². The molecule has 0 amide bonds. The molecule has 0 bridgehead atoms. The van der Waals surface area contributed by atoms with Crippen molar-refractivity contribution >= 4 is 5.97 Å². The highest BCUT2D eigenvalue weighted by atomic mass is 16.7. The number of ether oxygens (including phenoxy) is 7. The van der Waals surface area contributed by atoms with Crippen molar-refractivity contribution in [2.75, 3.05) is 7.11 Å². The first-order valence-electron chi connectivity index (χ1n) is 19.5. The van der Waals surface area contributed by atoms with Crippen LogP contribution in [0.5, 0.6) is 0 Å². The van der Waals surface area contributed by atoms with Gasteiger partial charge in [0.2, 0.25) is 0 Å². The molecule has 0 radical (unpaired) electrons. The minimum Gasteiger partial charge on any atom is -0.481 e. The fraction of sp³-hybridized carbons (Fsp3) is 0.974. The number of aliphatic hydroxyl groups is 1. The van der Waals surface area contributed by atoms with E-state index in [1.54, 1.807) is 14.0 Å². The summed E-state index contributed by atoms with van der Waals surface area (Å²) in [6.07, 6.45) is 6.02. The zero-order chi connectivity index (χ0) is 35.6. The Kier molecular flexibility index (Phi) is 11.0. The molecule has 6 fully saturated rings. The normalized spacial score (nSPS) is 54.4. The molecule has 6 aliphatic rings. The van der Waals surface area contributed by atoms with Gasteiger partial charge in [-0.15, -0.1) is 0 Å². The van der Waals surface area contributed by atoms with Crippen molar-refractivity contribution in [1.82, 2.24) is 0 Å². The molecule has 6 rings (SSSR count). The summed E-state index contributed by atoms with van der Waals surface area (Å²) in [4.78, 5) is 11.8. The molecular formula is C39H66O10. The molecule has 282 valence electrons. The molecule has 10 nitrogen and oxygen atoms in total. The molecule has 19 atom stereocenters. The standard InChI is InChI=1S/C39H66O10/c1-20-11-12-27(44-32(20)25(6)35(40)41)17-28-18-29(43-10)26(7)39(47-28)24(5)19-38(9,49-39)31-13-14-37(8,48-31)34-22(3)16-30(45-34)33-21(2)15-23(4)36(42)46-33/h20-34,36,42H,11-19H2,1-10H3,(H,40,41)/t20-,21-,22-,23+,24+,25+,26+,27+,28+,29+,30+,31+,32+,33-,34+,36-,37-,38-,39+/m0/s1. The highest BCUT2D eigenvalue weighted by molar-refractivity contribution is 5.70. The van der Waals surface area contributed by atoms with E-state index in [1.165, 1.54) is 0 Å². The molecule has 1 spiro atoms. The van der Waals surface area contributed by atoms with Crippen molar-refractivity contribution in [3.05, 3.63) is 0 Å². The van der Waals surface area contributed by atoms with Crippen molar-refractivity contribution in [2.45, 2.75) is 192 Å². The average molecular weight is 695 g/mol. The first-order chi connectivity index (χ1) is 23.0. The lowest BCUT2D eigenvalue weighted by molar-refractivity contribution is -0.352. The summed E-state index contributed by atoms with van der Waals surface area (Å²) in [6.45, 7) is 19.2. The number of aliphatic hydroxyl groups excluding tert-OH is 1. The molecule has 6 aliphatic heterocycles. The first kappa shape index (κ1) is 37.9. The van der Waals surface area contributed by atoms with E-state index in [1.807, 2.05) is 6.92 Å². The summed E-state index contributed by atoms with van der Waals surface area (Å²) < 4.78 is 46.9. The number of rotatable bonds is 8. The third-order valence-electron chi connectivity index (χ3n) is 13.9. The van der Waals surface area contributed by atoms with E-state index in [0.717, 1.165) is 51.4 Å². The number of carboxylic acid groups (broad SMARTS) is 1. The van der Waals surface area contributed by atoms with Crippen LogP contribution in [0.15, 0.2) is 0 Å². The number of carboxylic acids is 1. The summed E-state index contributed by atoms with van der Waals surface area (Å²) in [6, 6.07) is 0. The van der Waals surface area contributed by atoms with Gasteiger partial charge in [-0.25, -0.2) is 0 Å². The molecule has 0 unspecified atom stereocenters. The lowest BCUT2D eigenvalue weighted by Gasteiger charge is -2.50. The summed E-state index contributed by atoms with van der Waals surface area (Å²) >= 11 is 0. The maximum Gasteiger partial charge on any atom is 0.308 e. The van der Waals surface area contributed by atoms with Crippen molar-refractivity contribution in [1.29, 1.82) is 0 Å². The van der Waals surface area contributed by atoms with Crippen LogP contribution in [-0.4, -0.2) is 95.4 Å². The molecule has 0 aliphatic carbocycles. The van der Waals surface area contributed by atoms with E-state index in [9.17, 15) is 15.0 Å². The van der Waals surface area contributed by atoms with Gasteiger partial charge in [0.05, 0.1) is 66.0 Å². The van der Waals surface area contributed by atoms with Crippen molar-refractivity contribution in [2.24, 2.45) is 41.4 Å². The smallest absolute Gasteiger partial charge is 0.308 e. The maximum atomic E-state index is 11.8. The summed E-state index contributed by atoms with van der Waals surface area (Å²) in [7, 11) is 1.78. The predicted molar refractivity (Wildman–Crippen MR) is 183 cm³/mol. The summed E-state index contributed by atoms with van der Waals surface area (Å²) in [5.41, 5.74) is -1.00. The molecule has 10 heteroatoms. The predicted octanol–water partition coefficient (Wildman–Crippen LogP) is 6.34. The van der Waals surface area contributed by atoms with E-state index in [-0.39, 0.29) is 72.5 Å². The van der Waals surface area contributed by atoms with Crippen LogP contribution in [0.4, 0.5) is 0 Å². The Hall–Kier alpha value is -0.850. The van der Waals surface area contributed by atoms with E-state index < -0.39 is 35.2 Å².